The zero-order chi connectivity index (χ0) is 17.5. The van der Waals surface area contributed by atoms with Gasteiger partial charge in [0.05, 0.1) is 6.61 Å². The lowest BCUT2D eigenvalue weighted by molar-refractivity contribution is -0.153. The molecule has 0 aliphatic rings. The summed E-state index contributed by atoms with van der Waals surface area (Å²) in [6.07, 6.45) is -3.46. The summed E-state index contributed by atoms with van der Waals surface area (Å²) in [5.41, 5.74) is 1.23. The van der Waals surface area contributed by atoms with Gasteiger partial charge in [0.15, 0.2) is 17.6 Å². The highest BCUT2D eigenvalue weighted by atomic mass is 16.5. The molecule has 0 radical (unpaired) electrons. The van der Waals surface area contributed by atoms with Crippen LogP contribution in [0.3, 0.4) is 0 Å². The standard InChI is InChI=1S/C18H20O6/c1-2-23-15-10-13(16(19)17(20)18(21)22)8-9-14(15)24-11-12-6-4-3-5-7-12/h3-10,16-17,19-20H,2,11H2,1H3,(H,21,22). The Balaban J connectivity index is 2.18. The third kappa shape index (κ3) is 4.47. The molecule has 0 bridgehead atoms. The molecule has 0 aliphatic heterocycles. The Bertz CT molecular complexity index is 670. The maximum absolute atomic E-state index is 10.8. The lowest BCUT2D eigenvalue weighted by atomic mass is 10.0. The monoisotopic (exact) mass is 332 g/mol. The minimum atomic E-state index is -1.91. The minimum Gasteiger partial charge on any atom is -0.490 e. The van der Waals surface area contributed by atoms with E-state index in [9.17, 15) is 15.0 Å². The predicted molar refractivity (Wildman–Crippen MR) is 87.0 cm³/mol. The zero-order valence-electron chi connectivity index (χ0n) is 13.3. The third-order valence-electron chi connectivity index (χ3n) is 3.40. The molecule has 0 fully saturated rings. The van der Waals surface area contributed by atoms with Crippen LogP contribution in [0.1, 0.15) is 24.2 Å². The zero-order valence-corrected chi connectivity index (χ0v) is 13.3. The highest BCUT2D eigenvalue weighted by Gasteiger charge is 2.26. The van der Waals surface area contributed by atoms with E-state index in [1.165, 1.54) is 12.1 Å². The average Bonchev–Trinajstić information content (AvgIpc) is 2.60. The molecule has 0 spiro atoms. The average molecular weight is 332 g/mol. The Morgan fingerprint density at radius 1 is 1.04 bits per heavy atom. The van der Waals surface area contributed by atoms with E-state index in [-0.39, 0.29) is 5.56 Å². The first-order chi connectivity index (χ1) is 11.5. The third-order valence-corrected chi connectivity index (χ3v) is 3.40. The molecule has 2 aromatic rings. The van der Waals surface area contributed by atoms with E-state index in [0.29, 0.717) is 24.7 Å². The van der Waals surface area contributed by atoms with Gasteiger partial charge in [-0.1, -0.05) is 36.4 Å². The lowest BCUT2D eigenvalue weighted by Crippen LogP contribution is -2.27. The van der Waals surface area contributed by atoms with Gasteiger partial charge in [-0.05, 0) is 30.2 Å². The van der Waals surface area contributed by atoms with Crippen LogP contribution in [-0.4, -0.2) is 34.0 Å². The van der Waals surface area contributed by atoms with Crippen molar-refractivity contribution in [2.75, 3.05) is 6.61 Å². The number of aliphatic carboxylic acids is 1. The summed E-state index contributed by atoms with van der Waals surface area (Å²) in [4.78, 5) is 10.8. The normalized spacial score (nSPS) is 13.1. The molecule has 0 saturated carbocycles. The molecule has 0 saturated heterocycles. The fraction of sp³-hybridized carbons (Fsp3) is 0.278. The van der Waals surface area contributed by atoms with Gasteiger partial charge in [-0.3, -0.25) is 0 Å². The summed E-state index contributed by atoms with van der Waals surface area (Å²) in [6.45, 7) is 2.53. The first-order valence-electron chi connectivity index (χ1n) is 7.55. The van der Waals surface area contributed by atoms with E-state index < -0.39 is 18.2 Å². The first kappa shape index (κ1) is 17.8. The van der Waals surface area contributed by atoms with Crippen molar-refractivity contribution in [2.45, 2.75) is 25.7 Å². The van der Waals surface area contributed by atoms with Crippen LogP contribution >= 0.6 is 0 Å². The smallest absolute Gasteiger partial charge is 0.335 e. The number of carboxylic acid groups (broad SMARTS) is 1. The van der Waals surface area contributed by atoms with Gasteiger partial charge in [0, 0.05) is 0 Å². The van der Waals surface area contributed by atoms with Crippen molar-refractivity contribution in [2.24, 2.45) is 0 Å². The highest BCUT2D eigenvalue weighted by Crippen LogP contribution is 2.32. The second-order valence-corrected chi connectivity index (χ2v) is 5.14. The molecule has 2 unspecified atom stereocenters. The minimum absolute atomic E-state index is 0.236. The first-order valence-corrected chi connectivity index (χ1v) is 7.55. The van der Waals surface area contributed by atoms with Crippen molar-refractivity contribution in [1.29, 1.82) is 0 Å². The fourth-order valence-corrected chi connectivity index (χ4v) is 2.15. The Hall–Kier alpha value is -2.57. The van der Waals surface area contributed by atoms with Crippen LogP contribution in [-0.2, 0) is 11.4 Å². The molecule has 24 heavy (non-hydrogen) atoms. The fourth-order valence-electron chi connectivity index (χ4n) is 2.15. The van der Waals surface area contributed by atoms with Crippen LogP contribution in [0.25, 0.3) is 0 Å². The number of aliphatic hydroxyl groups is 2. The van der Waals surface area contributed by atoms with E-state index in [2.05, 4.69) is 0 Å². The van der Waals surface area contributed by atoms with Gasteiger partial charge in [-0.2, -0.15) is 0 Å². The Morgan fingerprint density at radius 2 is 1.75 bits per heavy atom. The molecule has 0 aromatic heterocycles. The molecule has 2 atom stereocenters. The Labute approximate surface area is 139 Å². The van der Waals surface area contributed by atoms with Gasteiger partial charge >= 0.3 is 5.97 Å². The van der Waals surface area contributed by atoms with Crippen molar-refractivity contribution in [3.63, 3.8) is 0 Å². The largest absolute Gasteiger partial charge is 0.490 e. The van der Waals surface area contributed by atoms with Crippen molar-refractivity contribution < 1.29 is 29.6 Å². The number of ether oxygens (including phenoxy) is 2. The number of aliphatic hydroxyl groups excluding tert-OH is 2. The van der Waals surface area contributed by atoms with Crippen LogP contribution in [0, 0.1) is 0 Å². The maximum atomic E-state index is 10.8. The van der Waals surface area contributed by atoms with Crippen LogP contribution < -0.4 is 9.47 Å². The van der Waals surface area contributed by atoms with E-state index in [4.69, 9.17) is 14.6 Å². The van der Waals surface area contributed by atoms with Crippen molar-refractivity contribution in [3.05, 3.63) is 59.7 Å². The van der Waals surface area contributed by atoms with Crippen molar-refractivity contribution in [3.8, 4) is 11.5 Å². The van der Waals surface area contributed by atoms with E-state index in [0.717, 1.165) is 5.56 Å². The van der Waals surface area contributed by atoms with Gasteiger partial charge in [0.2, 0.25) is 0 Å². The predicted octanol–water partition coefficient (Wildman–Crippen LogP) is 2.14. The molecule has 3 N–H and O–H groups in total. The maximum Gasteiger partial charge on any atom is 0.335 e. The van der Waals surface area contributed by atoms with Gasteiger partial charge < -0.3 is 24.8 Å². The summed E-state index contributed by atoms with van der Waals surface area (Å²) in [5, 5.41) is 28.2. The number of rotatable bonds is 8. The summed E-state index contributed by atoms with van der Waals surface area (Å²) in [5.74, 6) is -0.645. The highest BCUT2D eigenvalue weighted by molar-refractivity contribution is 5.73. The summed E-state index contributed by atoms with van der Waals surface area (Å²) in [6, 6.07) is 14.2. The molecule has 128 valence electrons. The summed E-state index contributed by atoms with van der Waals surface area (Å²) in [7, 11) is 0. The molecule has 6 nitrogen and oxygen atoms in total. The number of hydrogen-bond donors (Lipinski definition) is 3. The molecule has 0 heterocycles. The van der Waals surface area contributed by atoms with Gasteiger partial charge in [-0.25, -0.2) is 4.79 Å². The number of benzene rings is 2. The van der Waals surface area contributed by atoms with Gasteiger partial charge in [0.1, 0.15) is 12.7 Å². The quantitative estimate of drug-likeness (QED) is 0.685. The topological polar surface area (TPSA) is 96.2 Å². The van der Waals surface area contributed by atoms with E-state index in [1.54, 1.807) is 13.0 Å². The number of hydrogen-bond acceptors (Lipinski definition) is 5. The number of carboxylic acids is 1. The van der Waals surface area contributed by atoms with Crippen LogP contribution in [0.5, 0.6) is 11.5 Å². The van der Waals surface area contributed by atoms with Gasteiger partial charge in [0.25, 0.3) is 0 Å². The summed E-state index contributed by atoms with van der Waals surface area (Å²) >= 11 is 0. The van der Waals surface area contributed by atoms with E-state index >= 15 is 0 Å². The van der Waals surface area contributed by atoms with E-state index in [1.807, 2.05) is 30.3 Å². The molecule has 2 aromatic carbocycles. The Kier molecular flexibility index (Phi) is 6.17. The SMILES string of the molecule is CCOc1cc(C(O)C(O)C(=O)O)ccc1OCc1ccccc1. The molecular formula is C18H20O6. The second-order valence-electron chi connectivity index (χ2n) is 5.14. The number of carbonyl (C=O) groups is 1. The molecule has 2 rings (SSSR count). The Morgan fingerprint density at radius 3 is 2.38 bits per heavy atom. The van der Waals surface area contributed by atoms with Crippen molar-refractivity contribution in [1.82, 2.24) is 0 Å². The second kappa shape index (κ2) is 8.33. The summed E-state index contributed by atoms with van der Waals surface area (Å²) < 4.78 is 11.2. The molecule has 6 heteroatoms. The van der Waals surface area contributed by atoms with Gasteiger partial charge in [-0.15, -0.1) is 0 Å². The van der Waals surface area contributed by atoms with Crippen molar-refractivity contribution >= 4 is 5.97 Å². The van der Waals surface area contributed by atoms with Crippen LogP contribution in [0.4, 0.5) is 0 Å². The van der Waals surface area contributed by atoms with Crippen LogP contribution in [0.2, 0.25) is 0 Å². The van der Waals surface area contributed by atoms with Crippen LogP contribution in [0.15, 0.2) is 48.5 Å². The lowest BCUT2D eigenvalue weighted by Gasteiger charge is -2.17. The molecule has 0 aliphatic carbocycles. The molecule has 0 amide bonds. The molecular weight excluding hydrogens is 312 g/mol.